The number of methoxy groups -OCH3 is 1. The summed E-state index contributed by atoms with van der Waals surface area (Å²) in [6.07, 6.45) is -1.39. The maximum Gasteiger partial charge on any atom is 0.192 e. The molecule has 3 aromatic carbocycles. The Morgan fingerprint density at radius 3 is 1.86 bits per heavy atom. The van der Waals surface area contributed by atoms with Crippen LogP contribution in [0.4, 0.5) is 0 Å². The number of rotatable bonds is 6. The van der Waals surface area contributed by atoms with Gasteiger partial charge in [-0.25, -0.2) is 0 Å². The third-order valence-corrected chi connectivity index (χ3v) is 6.65. The van der Waals surface area contributed by atoms with Crippen LogP contribution in [-0.2, 0) is 10.8 Å². The zero-order valence-corrected chi connectivity index (χ0v) is 22.3. The van der Waals surface area contributed by atoms with Gasteiger partial charge < -0.3 is 14.9 Å². The Kier molecular flexibility index (Phi) is 7.68. The topological polar surface area (TPSA) is 66.8 Å². The van der Waals surface area contributed by atoms with Gasteiger partial charge in [0.25, 0.3) is 0 Å². The fourth-order valence-electron chi connectivity index (χ4n) is 4.32. The molecule has 0 heterocycles. The number of phenolic OH excluding ortho intramolecular Hbond substituents is 1. The number of carbonyl (C=O) groups excluding carboxylic acids is 1. The van der Waals surface area contributed by atoms with Crippen molar-refractivity contribution in [2.75, 3.05) is 7.11 Å². The van der Waals surface area contributed by atoms with Crippen LogP contribution in [0.15, 0.2) is 60.7 Å². The van der Waals surface area contributed by atoms with Crippen molar-refractivity contribution < 1.29 is 19.7 Å². The minimum atomic E-state index is -1.39. The number of carbonyl (C=O) groups is 1. The first-order chi connectivity index (χ1) is 16.3. The molecule has 186 valence electrons. The molecule has 0 fully saturated rings. The van der Waals surface area contributed by atoms with Gasteiger partial charge in [-0.05, 0) is 63.4 Å². The molecule has 0 bridgehead atoms. The van der Waals surface area contributed by atoms with Crippen molar-refractivity contribution in [2.45, 2.75) is 64.4 Å². The Morgan fingerprint density at radius 2 is 1.40 bits per heavy atom. The zero-order valence-electron chi connectivity index (χ0n) is 21.5. The molecule has 5 heteroatoms. The maximum atomic E-state index is 13.5. The van der Waals surface area contributed by atoms with E-state index in [-0.39, 0.29) is 16.6 Å². The molecule has 0 spiro atoms. The van der Waals surface area contributed by atoms with Crippen molar-refractivity contribution >= 4 is 17.4 Å². The molecule has 3 rings (SSSR count). The van der Waals surface area contributed by atoms with E-state index in [4.69, 9.17) is 16.3 Å². The molecule has 0 aliphatic carbocycles. The lowest BCUT2D eigenvalue weighted by atomic mass is 9.74. The second kappa shape index (κ2) is 10.0. The molecule has 4 nitrogen and oxygen atoms in total. The predicted octanol–water partition coefficient (Wildman–Crippen LogP) is 7.02. The average Bonchev–Trinajstić information content (AvgIpc) is 2.79. The van der Waals surface area contributed by atoms with Crippen LogP contribution in [0.5, 0.6) is 11.5 Å². The summed E-state index contributed by atoms with van der Waals surface area (Å²) in [5, 5.41) is 23.2. The zero-order chi connectivity index (χ0) is 26.1. The molecule has 2 N–H and O–H groups in total. The number of benzene rings is 3. The average molecular weight is 495 g/mol. The molecular formula is C30H35ClO4. The van der Waals surface area contributed by atoms with Crippen LogP contribution in [-0.4, -0.2) is 29.2 Å². The van der Waals surface area contributed by atoms with Crippen LogP contribution in [0.25, 0.3) is 0 Å². The number of aromatic hydroxyl groups is 1. The van der Waals surface area contributed by atoms with E-state index >= 15 is 0 Å². The van der Waals surface area contributed by atoms with Gasteiger partial charge in [0.2, 0.25) is 0 Å². The molecular weight excluding hydrogens is 460 g/mol. The standard InChI is InChI=1S/C30H35ClO4/c1-29(2,3)22-16-19(17-23(27(22)33)30(4,5)6)25(21-10-8-9-11-24(21)31)28(34)26(32)18-12-14-20(35-7)15-13-18/h8-17,25,28,33-34H,1-7H3/t25-,28-/m1/s1. The number of Topliss-reactive ketones (excluding diaryl/α,β-unsaturated/α-hetero) is 1. The molecule has 0 aliphatic heterocycles. The van der Waals surface area contributed by atoms with E-state index < -0.39 is 17.8 Å². The highest BCUT2D eigenvalue weighted by molar-refractivity contribution is 6.31. The fraction of sp³-hybridized carbons (Fsp3) is 0.367. The SMILES string of the molecule is COc1ccc(C(=O)[C@H](O)[C@H](c2cc(C(C)(C)C)c(O)c(C(C)(C)C)c2)c2ccccc2Cl)cc1. The lowest BCUT2D eigenvalue weighted by molar-refractivity contribution is 0.0715. The minimum absolute atomic E-state index is 0.239. The lowest BCUT2D eigenvalue weighted by Crippen LogP contribution is -2.30. The van der Waals surface area contributed by atoms with Crippen LogP contribution < -0.4 is 4.74 Å². The molecule has 0 aromatic heterocycles. The van der Waals surface area contributed by atoms with Crippen molar-refractivity contribution in [1.82, 2.24) is 0 Å². The Hall–Kier alpha value is -2.82. The number of ketones is 1. The second-order valence-corrected chi connectivity index (χ2v) is 11.4. The monoisotopic (exact) mass is 494 g/mol. The highest BCUT2D eigenvalue weighted by atomic mass is 35.5. The number of hydrogen-bond acceptors (Lipinski definition) is 4. The van der Waals surface area contributed by atoms with Gasteiger partial charge in [0, 0.05) is 16.5 Å². The van der Waals surface area contributed by atoms with Gasteiger partial charge in [-0.3, -0.25) is 4.79 Å². The summed E-state index contributed by atoms with van der Waals surface area (Å²) in [7, 11) is 1.56. The van der Waals surface area contributed by atoms with Crippen molar-refractivity contribution in [3.05, 3.63) is 93.5 Å². The summed E-state index contributed by atoms with van der Waals surface area (Å²) in [5.74, 6) is -0.286. The van der Waals surface area contributed by atoms with E-state index in [1.165, 1.54) is 0 Å². The van der Waals surface area contributed by atoms with Crippen molar-refractivity contribution in [3.63, 3.8) is 0 Å². The summed E-state index contributed by atoms with van der Waals surface area (Å²) in [4.78, 5) is 13.5. The summed E-state index contributed by atoms with van der Waals surface area (Å²) in [6.45, 7) is 12.2. The van der Waals surface area contributed by atoms with Crippen molar-refractivity contribution in [3.8, 4) is 11.5 Å². The first-order valence-electron chi connectivity index (χ1n) is 11.7. The number of aliphatic hydroxyl groups is 1. The third-order valence-electron chi connectivity index (χ3n) is 6.31. The van der Waals surface area contributed by atoms with Gasteiger partial charge in [0.1, 0.15) is 17.6 Å². The molecule has 35 heavy (non-hydrogen) atoms. The number of aliphatic hydroxyl groups excluding tert-OH is 1. The van der Waals surface area contributed by atoms with Crippen LogP contribution in [0.1, 0.15) is 80.1 Å². The first-order valence-corrected chi connectivity index (χ1v) is 12.1. The Bertz CT molecular complexity index is 1170. The number of halogens is 1. The van der Waals surface area contributed by atoms with Gasteiger partial charge in [-0.15, -0.1) is 0 Å². The largest absolute Gasteiger partial charge is 0.507 e. The molecule has 0 amide bonds. The van der Waals surface area contributed by atoms with Crippen LogP contribution in [0.3, 0.4) is 0 Å². The highest BCUT2D eigenvalue weighted by Crippen LogP contribution is 2.44. The maximum absolute atomic E-state index is 13.5. The van der Waals surface area contributed by atoms with Crippen LogP contribution in [0, 0.1) is 0 Å². The fourth-order valence-corrected chi connectivity index (χ4v) is 4.57. The van der Waals surface area contributed by atoms with E-state index in [0.29, 0.717) is 21.9 Å². The molecule has 0 saturated heterocycles. The Morgan fingerprint density at radius 1 is 0.886 bits per heavy atom. The molecule has 0 radical (unpaired) electrons. The molecule has 0 aliphatic rings. The summed E-state index contributed by atoms with van der Waals surface area (Å²) in [5.41, 5.74) is 2.52. The van der Waals surface area contributed by atoms with E-state index in [2.05, 4.69) is 0 Å². The quantitative estimate of drug-likeness (QED) is 0.361. The third kappa shape index (κ3) is 5.71. The Labute approximate surface area is 213 Å². The van der Waals surface area contributed by atoms with Crippen molar-refractivity contribution in [1.29, 1.82) is 0 Å². The predicted molar refractivity (Wildman–Crippen MR) is 142 cm³/mol. The minimum Gasteiger partial charge on any atom is -0.507 e. The molecule has 3 aromatic rings. The van der Waals surface area contributed by atoms with Crippen LogP contribution in [0.2, 0.25) is 5.02 Å². The van der Waals surface area contributed by atoms with Gasteiger partial charge in [-0.2, -0.15) is 0 Å². The number of phenols is 1. The molecule has 0 unspecified atom stereocenters. The molecule has 0 saturated carbocycles. The second-order valence-electron chi connectivity index (χ2n) is 11.0. The van der Waals surface area contributed by atoms with E-state index in [1.807, 2.05) is 71.9 Å². The van der Waals surface area contributed by atoms with Gasteiger partial charge in [0.15, 0.2) is 5.78 Å². The normalized spacial score (nSPS) is 13.9. The summed E-state index contributed by atoms with van der Waals surface area (Å²) in [6, 6.07) is 17.7. The van der Waals surface area contributed by atoms with Gasteiger partial charge >= 0.3 is 0 Å². The van der Waals surface area contributed by atoms with Gasteiger partial charge in [0.05, 0.1) is 7.11 Å². The number of ether oxygens (including phenoxy) is 1. The molecule has 2 atom stereocenters. The van der Waals surface area contributed by atoms with Crippen LogP contribution >= 0.6 is 11.6 Å². The van der Waals surface area contributed by atoms with Gasteiger partial charge in [-0.1, -0.05) is 83.5 Å². The lowest BCUT2D eigenvalue weighted by Gasteiger charge is -2.31. The highest BCUT2D eigenvalue weighted by Gasteiger charge is 2.34. The summed E-state index contributed by atoms with van der Waals surface area (Å²) < 4.78 is 5.20. The first kappa shape index (κ1) is 26.8. The van der Waals surface area contributed by atoms with E-state index in [0.717, 1.165) is 16.7 Å². The Balaban J connectivity index is 2.26. The van der Waals surface area contributed by atoms with Crippen molar-refractivity contribution in [2.24, 2.45) is 0 Å². The number of hydrogen-bond donors (Lipinski definition) is 2. The smallest absolute Gasteiger partial charge is 0.192 e. The summed E-state index contributed by atoms with van der Waals surface area (Å²) >= 11 is 6.61. The van der Waals surface area contributed by atoms with E-state index in [1.54, 1.807) is 37.4 Å². The van der Waals surface area contributed by atoms with E-state index in [9.17, 15) is 15.0 Å².